The van der Waals surface area contributed by atoms with Gasteiger partial charge in [-0.05, 0) is 48.2 Å². The number of aryl methyl sites for hydroxylation is 2. The Bertz CT molecular complexity index is 582. The van der Waals surface area contributed by atoms with Crippen LogP contribution in [-0.2, 0) is 12.8 Å². The molecule has 0 saturated carbocycles. The summed E-state index contributed by atoms with van der Waals surface area (Å²) in [5.41, 5.74) is 5.17. The van der Waals surface area contributed by atoms with Gasteiger partial charge in [-0.1, -0.05) is 54.2 Å². The molecule has 2 heteroatoms. The molecule has 0 aliphatic heterocycles. The van der Waals surface area contributed by atoms with Crippen LogP contribution in [0.4, 0.5) is 0 Å². The zero-order valence-electron chi connectivity index (χ0n) is 11.2. The molecule has 2 rings (SSSR count). The Balaban J connectivity index is 2.10. The van der Waals surface area contributed by atoms with Crippen molar-refractivity contribution in [3.63, 3.8) is 0 Å². The molecule has 0 saturated heterocycles. The van der Waals surface area contributed by atoms with Gasteiger partial charge in [-0.25, -0.2) is 0 Å². The highest BCUT2D eigenvalue weighted by atomic mass is 35.5. The number of rotatable bonds is 4. The summed E-state index contributed by atoms with van der Waals surface area (Å²) in [6.07, 6.45) is 1.67. The van der Waals surface area contributed by atoms with Crippen molar-refractivity contribution < 1.29 is 0 Å². The van der Waals surface area contributed by atoms with Crippen molar-refractivity contribution in [2.24, 2.45) is 0 Å². The summed E-state index contributed by atoms with van der Waals surface area (Å²) in [7, 11) is 0. The summed E-state index contributed by atoms with van der Waals surface area (Å²) in [6, 6.07) is 14.3. The van der Waals surface area contributed by atoms with E-state index < -0.39 is 0 Å². The Morgan fingerprint density at radius 1 is 1.00 bits per heavy atom. The van der Waals surface area contributed by atoms with E-state index in [-0.39, 0.29) is 0 Å². The molecule has 2 aromatic rings. The number of halogens is 1. The molecule has 0 amide bonds. The molecular formula is C17H17ClS. The fourth-order valence-corrected chi connectivity index (χ4v) is 2.79. The molecule has 0 aliphatic carbocycles. The molecule has 19 heavy (non-hydrogen) atoms. The third-order valence-electron chi connectivity index (χ3n) is 3.31. The van der Waals surface area contributed by atoms with E-state index in [0.29, 0.717) is 0 Å². The molecule has 0 fully saturated rings. The van der Waals surface area contributed by atoms with Crippen LogP contribution in [0.3, 0.4) is 0 Å². The van der Waals surface area contributed by atoms with E-state index in [4.69, 9.17) is 23.8 Å². The Labute approximate surface area is 125 Å². The molecule has 0 atom stereocenters. The summed E-state index contributed by atoms with van der Waals surface area (Å²) >= 11 is 11.5. The maximum absolute atomic E-state index is 6.00. The van der Waals surface area contributed by atoms with Gasteiger partial charge in [0.05, 0.1) is 0 Å². The van der Waals surface area contributed by atoms with Gasteiger partial charge >= 0.3 is 0 Å². The molecule has 0 bridgehead atoms. The Morgan fingerprint density at radius 3 is 2.26 bits per heavy atom. The molecule has 0 nitrogen and oxygen atoms in total. The first-order valence-corrected chi connectivity index (χ1v) is 7.16. The average Bonchev–Trinajstić information content (AvgIpc) is 2.34. The number of thiocarbonyl (C=S) groups is 1. The van der Waals surface area contributed by atoms with Crippen LogP contribution in [-0.4, -0.2) is 4.86 Å². The molecule has 0 unspecified atom stereocenters. The molecule has 98 valence electrons. The van der Waals surface area contributed by atoms with Crippen molar-refractivity contribution in [2.75, 3.05) is 0 Å². The summed E-state index contributed by atoms with van der Waals surface area (Å²) in [4.78, 5) is 1.06. The lowest BCUT2D eigenvalue weighted by Crippen LogP contribution is -2.06. The smallest absolute Gasteiger partial charge is 0.0408 e. The van der Waals surface area contributed by atoms with Crippen molar-refractivity contribution in [2.45, 2.75) is 26.7 Å². The Morgan fingerprint density at radius 2 is 1.63 bits per heavy atom. The van der Waals surface area contributed by atoms with Crippen molar-refractivity contribution in [3.05, 3.63) is 69.7 Å². The highest BCUT2D eigenvalue weighted by Gasteiger charge is 2.06. The normalized spacial score (nSPS) is 10.5. The first-order valence-electron chi connectivity index (χ1n) is 6.37. The number of hydrogen-bond acceptors (Lipinski definition) is 1. The number of benzene rings is 2. The van der Waals surface area contributed by atoms with Gasteiger partial charge in [0.15, 0.2) is 0 Å². The molecule has 2 aromatic carbocycles. The predicted octanol–water partition coefficient (Wildman–Crippen LogP) is 5.11. The van der Waals surface area contributed by atoms with Gasteiger partial charge in [0.1, 0.15) is 0 Å². The lowest BCUT2D eigenvalue weighted by molar-refractivity contribution is 1.18. The highest BCUT2D eigenvalue weighted by Crippen LogP contribution is 2.17. The molecular weight excluding hydrogens is 272 g/mol. The maximum atomic E-state index is 6.00. The van der Waals surface area contributed by atoms with Crippen molar-refractivity contribution in [3.8, 4) is 0 Å². The fraction of sp³-hybridized carbons (Fsp3) is 0.235. The minimum absolute atomic E-state index is 0.771. The van der Waals surface area contributed by atoms with E-state index in [9.17, 15) is 0 Å². The van der Waals surface area contributed by atoms with E-state index in [1.807, 2.05) is 18.2 Å². The molecule has 0 radical (unpaired) electrons. The van der Waals surface area contributed by atoms with Crippen LogP contribution in [0.5, 0.6) is 0 Å². The quantitative estimate of drug-likeness (QED) is 0.704. The van der Waals surface area contributed by atoms with E-state index >= 15 is 0 Å². The fourth-order valence-electron chi connectivity index (χ4n) is 2.26. The second kappa shape index (κ2) is 6.31. The molecule has 0 heterocycles. The molecule has 0 aliphatic rings. The first-order chi connectivity index (χ1) is 9.06. The number of hydrogen-bond donors (Lipinski definition) is 0. The van der Waals surface area contributed by atoms with Gasteiger partial charge in [-0.2, -0.15) is 0 Å². The second-order valence-electron chi connectivity index (χ2n) is 4.89. The van der Waals surface area contributed by atoms with Crippen molar-refractivity contribution in [1.82, 2.24) is 0 Å². The van der Waals surface area contributed by atoms with E-state index in [1.165, 1.54) is 22.3 Å². The Hall–Kier alpha value is -1.18. The van der Waals surface area contributed by atoms with Crippen molar-refractivity contribution in [1.29, 1.82) is 0 Å². The summed E-state index contributed by atoms with van der Waals surface area (Å²) in [6.45, 7) is 4.29. The largest absolute Gasteiger partial charge is 0.0890 e. The first kappa shape index (κ1) is 14.2. The SMILES string of the molecule is Cc1cccc(C)c1CC(=S)Cc1cccc(Cl)c1. The lowest BCUT2D eigenvalue weighted by Gasteiger charge is -2.10. The van der Waals surface area contributed by atoms with E-state index in [0.717, 1.165) is 22.7 Å². The van der Waals surface area contributed by atoms with Crippen LogP contribution in [0, 0.1) is 13.8 Å². The van der Waals surface area contributed by atoms with Gasteiger partial charge in [-0.3, -0.25) is 0 Å². The van der Waals surface area contributed by atoms with Crippen LogP contribution >= 0.6 is 23.8 Å². The molecule has 0 N–H and O–H groups in total. The lowest BCUT2D eigenvalue weighted by atomic mass is 9.96. The predicted molar refractivity (Wildman–Crippen MR) is 87.4 cm³/mol. The van der Waals surface area contributed by atoms with Crippen LogP contribution in [0.25, 0.3) is 0 Å². The summed E-state index contributed by atoms with van der Waals surface area (Å²) in [5.74, 6) is 0. The van der Waals surface area contributed by atoms with Crippen LogP contribution < -0.4 is 0 Å². The van der Waals surface area contributed by atoms with Crippen LogP contribution in [0.15, 0.2) is 42.5 Å². The molecule has 0 aromatic heterocycles. The summed E-state index contributed by atoms with van der Waals surface area (Å²) < 4.78 is 0. The van der Waals surface area contributed by atoms with Crippen LogP contribution in [0.2, 0.25) is 5.02 Å². The minimum atomic E-state index is 0.771. The monoisotopic (exact) mass is 288 g/mol. The third-order valence-corrected chi connectivity index (χ3v) is 3.83. The zero-order chi connectivity index (χ0) is 13.8. The van der Waals surface area contributed by atoms with Gasteiger partial charge in [-0.15, -0.1) is 0 Å². The zero-order valence-corrected chi connectivity index (χ0v) is 12.8. The topological polar surface area (TPSA) is 0 Å². The van der Waals surface area contributed by atoms with Crippen LogP contribution in [0.1, 0.15) is 22.3 Å². The third kappa shape index (κ3) is 3.89. The Kier molecular flexibility index (Phi) is 4.73. The second-order valence-corrected chi connectivity index (χ2v) is 5.91. The average molecular weight is 289 g/mol. The minimum Gasteiger partial charge on any atom is -0.0890 e. The van der Waals surface area contributed by atoms with Gasteiger partial charge in [0.25, 0.3) is 0 Å². The standard InChI is InChI=1S/C17H17ClS/c1-12-5-3-6-13(2)17(12)11-16(19)10-14-7-4-8-15(18)9-14/h3-9H,10-11H2,1-2H3. The van der Waals surface area contributed by atoms with Gasteiger partial charge in [0, 0.05) is 22.7 Å². The molecule has 0 spiro atoms. The summed E-state index contributed by atoms with van der Waals surface area (Å²) in [5, 5.41) is 0.771. The van der Waals surface area contributed by atoms with Gasteiger partial charge in [0.2, 0.25) is 0 Å². The highest BCUT2D eigenvalue weighted by molar-refractivity contribution is 7.80. The van der Waals surface area contributed by atoms with E-state index in [1.54, 1.807) is 0 Å². The van der Waals surface area contributed by atoms with Gasteiger partial charge < -0.3 is 0 Å². The maximum Gasteiger partial charge on any atom is 0.0408 e. The van der Waals surface area contributed by atoms with Crippen molar-refractivity contribution >= 4 is 28.7 Å². The van der Waals surface area contributed by atoms with E-state index in [2.05, 4.69) is 38.1 Å².